The van der Waals surface area contributed by atoms with Crippen LogP contribution >= 0.6 is 0 Å². The molecule has 22 heavy (non-hydrogen) atoms. The average molecular weight is 299 g/mol. The first-order valence-corrected chi connectivity index (χ1v) is 7.20. The van der Waals surface area contributed by atoms with Crippen molar-refractivity contribution in [3.8, 4) is 11.4 Å². The van der Waals surface area contributed by atoms with Crippen LogP contribution in [0.5, 0.6) is 0 Å². The highest BCUT2D eigenvalue weighted by atomic mass is 16.6. The quantitative estimate of drug-likeness (QED) is 0.687. The Morgan fingerprint density at radius 2 is 1.86 bits per heavy atom. The molecule has 2 heterocycles. The summed E-state index contributed by atoms with van der Waals surface area (Å²) < 4.78 is 0. The molecule has 0 amide bonds. The number of nitro groups is 1. The normalized spacial score (nSPS) is 14.9. The number of rotatable bonds is 3. The molecular formula is C15H17N5O2. The van der Waals surface area contributed by atoms with Crippen LogP contribution in [0.3, 0.4) is 0 Å². The van der Waals surface area contributed by atoms with Gasteiger partial charge in [-0.2, -0.15) is 0 Å². The predicted molar refractivity (Wildman–Crippen MR) is 83.9 cm³/mol. The number of nitro benzene ring substituents is 1. The van der Waals surface area contributed by atoms with Gasteiger partial charge < -0.3 is 10.2 Å². The van der Waals surface area contributed by atoms with Gasteiger partial charge in [-0.1, -0.05) is 0 Å². The summed E-state index contributed by atoms with van der Waals surface area (Å²) >= 11 is 0. The second-order valence-corrected chi connectivity index (χ2v) is 5.23. The van der Waals surface area contributed by atoms with Crippen molar-refractivity contribution < 1.29 is 4.92 Å². The van der Waals surface area contributed by atoms with Crippen LogP contribution in [-0.2, 0) is 0 Å². The standard InChI is InChI=1S/C15H17N5O2/c1-11-10-14(19-8-6-16-7-9-19)18-15(17-11)12-2-4-13(5-3-12)20(21)22/h2-5,10,16H,6-9H2,1H3. The highest BCUT2D eigenvalue weighted by Crippen LogP contribution is 2.22. The third-order valence-corrected chi connectivity index (χ3v) is 3.62. The molecule has 1 N–H and O–H groups in total. The van der Waals surface area contributed by atoms with E-state index in [-0.39, 0.29) is 5.69 Å². The molecule has 2 aromatic rings. The lowest BCUT2D eigenvalue weighted by molar-refractivity contribution is -0.384. The average Bonchev–Trinajstić information content (AvgIpc) is 2.55. The first-order chi connectivity index (χ1) is 10.6. The van der Waals surface area contributed by atoms with Crippen molar-refractivity contribution in [2.75, 3.05) is 31.1 Å². The van der Waals surface area contributed by atoms with Crippen molar-refractivity contribution >= 4 is 11.5 Å². The zero-order valence-corrected chi connectivity index (χ0v) is 12.3. The number of nitrogens with zero attached hydrogens (tertiary/aromatic N) is 4. The van der Waals surface area contributed by atoms with E-state index in [9.17, 15) is 10.1 Å². The first kappa shape index (κ1) is 14.4. The minimum atomic E-state index is -0.410. The molecule has 0 unspecified atom stereocenters. The zero-order chi connectivity index (χ0) is 15.5. The first-order valence-electron chi connectivity index (χ1n) is 7.20. The molecule has 0 radical (unpaired) electrons. The maximum atomic E-state index is 10.7. The molecule has 7 nitrogen and oxygen atoms in total. The topological polar surface area (TPSA) is 84.2 Å². The van der Waals surface area contributed by atoms with E-state index >= 15 is 0 Å². The highest BCUT2D eigenvalue weighted by molar-refractivity contribution is 5.60. The Hall–Kier alpha value is -2.54. The number of nitrogens with one attached hydrogen (secondary N) is 1. The van der Waals surface area contributed by atoms with Crippen LogP contribution in [0, 0.1) is 17.0 Å². The summed E-state index contributed by atoms with van der Waals surface area (Å²) in [5.74, 6) is 1.51. The molecule has 1 aromatic carbocycles. The third kappa shape index (κ3) is 3.04. The Balaban J connectivity index is 1.92. The Labute approximate surface area is 128 Å². The van der Waals surface area contributed by atoms with Gasteiger partial charge in [0.15, 0.2) is 5.82 Å². The van der Waals surface area contributed by atoms with Gasteiger partial charge in [-0.15, -0.1) is 0 Å². The van der Waals surface area contributed by atoms with Crippen molar-refractivity contribution in [1.82, 2.24) is 15.3 Å². The molecule has 7 heteroatoms. The van der Waals surface area contributed by atoms with Gasteiger partial charge in [0.1, 0.15) is 5.82 Å². The fourth-order valence-corrected chi connectivity index (χ4v) is 2.47. The van der Waals surface area contributed by atoms with Gasteiger partial charge in [0.2, 0.25) is 0 Å². The summed E-state index contributed by atoms with van der Waals surface area (Å²) in [6.07, 6.45) is 0. The van der Waals surface area contributed by atoms with Gasteiger partial charge in [-0.3, -0.25) is 10.1 Å². The van der Waals surface area contributed by atoms with Crippen LogP contribution in [0.4, 0.5) is 11.5 Å². The van der Waals surface area contributed by atoms with Crippen molar-refractivity contribution in [1.29, 1.82) is 0 Å². The Morgan fingerprint density at radius 3 is 2.50 bits per heavy atom. The van der Waals surface area contributed by atoms with Crippen LogP contribution in [0.15, 0.2) is 30.3 Å². The van der Waals surface area contributed by atoms with E-state index in [2.05, 4.69) is 20.2 Å². The number of hydrogen-bond donors (Lipinski definition) is 1. The second kappa shape index (κ2) is 6.07. The van der Waals surface area contributed by atoms with Gasteiger partial charge in [0.25, 0.3) is 5.69 Å². The van der Waals surface area contributed by atoms with Crippen molar-refractivity contribution in [3.63, 3.8) is 0 Å². The van der Waals surface area contributed by atoms with E-state index in [4.69, 9.17) is 0 Å². The Bertz CT molecular complexity index is 681. The van der Waals surface area contributed by atoms with Gasteiger partial charge in [0.05, 0.1) is 4.92 Å². The number of aromatic nitrogens is 2. The Kier molecular flexibility index (Phi) is 3.97. The summed E-state index contributed by atoms with van der Waals surface area (Å²) in [4.78, 5) is 21.6. The van der Waals surface area contributed by atoms with Crippen LogP contribution in [0.2, 0.25) is 0 Å². The molecule has 0 atom stereocenters. The number of benzene rings is 1. The molecule has 0 saturated carbocycles. The van der Waals surface area contributed by atoms with Gasteiger partial charge in [0, 0.05) is 55.6 Å². The maximum absolute atomic E-state index is 10.7. The lowest BCUT2D eigenvalue weighted by atomic mass is 10.2. The second-order valence-electron chi connectivity index (χ2n) is 5.23. The van der Waals surface area contributed by atoms with E-state index in [0.29, 0.717) is 5.82 Å². The molecule has 0 bridgehead atoms. The number of hydrogen-bond acceptors (Lipinski definition) is 6. The lowest BCUT2D eigenvalue weighted by Crippen LogP contribution is -2.44. The molecule has 1 aliphatic heterocycles. The number of anilines is 1. The van der Waals surface area contributed by atoms with E-state index in [0.717, 1.165) is 43.3 Å². The van der Waals surface area contributed by atoms with Crippen LogP contribution in [-0.4, -0.2) is 41.1 Å². The fourth-order valence-electron chi connectivity index (χ4n) is 2.47. The van der Waals surface area contributed by atoms with Gasteiger partial charge in [-0.05, 0) is 19.1 Å². The predicted octanol–water partition coefficient (Wildman–Crippen LogP) is 1.77. The molecule has 0 aliphatic carbocycles. The number of piperazine rings is 1. The number of non-ortho nitro benzene ring substituents is 1. The van der Waals surface area contributed by atoms with E-state index in [1.807, 2.05) is 13.0 Å². The monoisotopic (exact) mass is 299 g/mol. The minimum Gasteiger partial charge on any atom is -0.354 e. The summed E-state index contributed by atoms with van der Waals surface area (Å²) in [5.41, 5.74) is 1.74. The van der Waals surface area contributed by atoms with Crippen LogP contribution < -0.4 is 10.2 Å². The van der Waals surface area contributed by atoms with E-state index in [1.54, 1.807) is 12.1 Å². The summed E-state index contributed by atoms with van der Waals surface area (Å²) in [5, 5.41) is 14.0. The SMILES string of the molecule is Cc1cc(N2CCNCC2)nc(-c2ccc([N+](=O)[O-])cc2)n1. The van der Waals surface area contributed by atoms with Gasteiger partial charge in [-0.25, -0.2) is 9.97 Å². The third-order valence-electron chi connectivity index (χ3n) is 3.62. The zero-order valence-electron chi connectivity index (χ0n) is 12.3. The molecule has 114 valence electrons. The molecule has 3 rings (SSSR count). The highest BCUT2D eigenvalue weighted by Gasteiger charge is 2.14. The smallest absolute Gasteiger partial charge is 0.269 e. The van der Waals surface area contributed by atoms with Crippen molar-refractivity contribution in [2.24, 2.45) is 0 Å². The van der Waals surface area contributed by atoms with Crippen LogP contribution in [0.1, 0.15) is 5.69 Å². The summed E-state index contributed by atoms with van der Waals surface area (Å²) in [6.45, 7) is 5.64. The van der Waals surface area contributed by atoms with Crippen LogP contribution in [0.25, 0.3) is 11.4 Å². The Morgan fingerprint density at radius 1 is 1.18 bits per heavy atom. The van der Waals surface area contributed by atoms with Crippen molar-refractivity contribution in [3.05, 3.63) is 46.1 Å². The summed E-state index contributed by atoms with van der Waals surface area (Å²) in [7, 11) is 0. The molecular weight excluding hydrogens is 282 g/mol. The lowest BCUT2D eigenvalue weighted by Gasteiger charge is -2.28. The number of aryl methyl sites for hydroxylation is 1. The molecule has 1 saturated heterocycles. The minimum absolute atomic E-state index is 0.0683. The van der Waals surface area contributed by atoms with E-state index < -0.39 is 4.92 Å². The molecule has 0 spiro atoms. The summed E-state index contributed by atoms with van der Waals surface area (Å²) in [6, 6.07) is 8.31. The van der Waals surface area contributed by atoms with E-state index in [1.165, 1.54) is 12.1 Å². The maximum Gasteiger partial charge on any atom is 0.269 e. The fraction of sp³-hybridized carbons (Fsp3) is 0.333. The molecule has 1 aromatic heterocycles. The van der Waals surface area contributed by atoms with Crippen molar-refractivity contribution in [2.45, 2.75) is 6.92 Å². The molecule has 1 fully saturated rings. The molecule has 1 aliphatic rings. The largest absolute Gasteiger partial charge is 0.354 e. The van der Waals surface area contributed by atoms with Gasteiger partial charge >= 0.3 is 0 Å².